The number of carbonyl (C=O) groups is 2. The lowest BCUT2D eigenvalue weighted by molar-refractivity contribution is -0.135. The summed E-state index contributed by atoms with van der Waals surface area (Å²) >= 11 is 0. The van der Waals surface area contributed by atoms with E-state index < -0.39 is 6.04 Å². The van der Waals surface area contributed by atoms with Gasteiger partial charge in [0.2, 0.25) is 5.91 Å². The number of fused-ring (bicyclic) bond motifs is 1. The fourth-order valence-corrected chi connectivity index (χ4v) is 3.97. The average molecular weight is 348 g/mol. The van der Waals surface area contributed by atoms with Crippen molar-refractivity contribution in [3.8, 4) is 0 Å². The Morgan fingerprint density at radius 2 is 1.58 bits per heavy atom. The summed E-state index contributed by atoms with van der Waals surface area (Å²) in [6, 6.07) is 15.3. The summed E-state index contributed by atoms with van der Waals surface area (Å²) in [7, 11) is 0. The van der Waals surface area contributed by atoms with Crippen LogP contribution in [-0.2, 0) is 17.8 Å². The molecule has 0 N–H and O–H groups in total. The lowest BCUT2D eigenvalue weighted by Crippen LogP contribution is -2.53. The summed E-state index contributed by atoms with van der Waals surface area (Å²) in [6.07, 6.45) is 2.71. The largest absolute Gasteiger partial charge is 0.341 e. The van der Waals surface area contributed by atoms with Gasteiger partial charge in [-0.1, -0.05) is 42.0 Å². The van der Waals surface area contributed by atoms with Gasteiger partial charge in [0.05, 0.1) is 0 Å². The van der Waals surface area contributed by atoms with Gasteiger partial charge in [-0.05, 0) is 43.0 Å². The van der Waals surface area contributed by atoms with E-state index >= 15 is 0 Å². The highest BCUT2D eigenvalue weighted by Gasteiger charge is 2.37. The molecule has 2 aromatic rings. The number of benzene rings is 2. The van der Waals surface area contributed by atoms with Crippen LogP contribution in [-0.4, -0.2) is 40.7 Å². The second-order valence-electron chi connectivity index (χ2n) is 7.32. The fraction of sp³-hybridized carbons (Fsp3) is 0.364. The highest BCUT2D eigenvalue weighted by molar-refractivity contribution is 5.98. The molecule has 0 bridgehead atoms. The van der Waals surface area contributed by atoms with Crippen molar-refractivity contribution in [3.63, 3.8) is 0 Å². The van der Waals surface area contributed by atoms with Gasteiger partial charge in [-0.25, -0.2) is 0 Å². The van der Waals surface area contributed by atoms with Crippen molar-refractivity contribution in [2.45, 2.75) is 38.8 Å². The molecular weight excluding hydrogens is 324 g/mol. The zero-order chi connectivity index (χ0) is 18.1. The Kier molecular flexibility index (Phi) is 4.49. The van der Waals surface area contributed by atoms with Gasteiger partial charge in [0, 0.05) is 31.6 Å². The average Bonchev–Trinajstić information content (AvgIpc) is 3.21. The molecule has 2 aliphatic heterocycles. The van der Waals surface area contributed by atoms with Crippen LogP contribution in [0.3, 0.4) is 0 Å². The van der Waals surface area contributed by atoms with Crippen molar-refractivity contribution >= 4 is 11.8 Å². The van der Waals surface area contributed by atoms with E-state index in [0.29, 0.717) is 18.5 Å². The van der Waals surface area contributed by atoms with Crippen LogP contribution in [0.4, 0.5) is 0 Å². The molecule has 1 unspecified atom stereocenters. The molecule has 4 nitrogen and oxygen atoms in total. The summed E-state index contributed by atoms with van der Waals surface area (Å²) in [4.78, 5) is 30.0. The molecule has 2 aromatic carbocycles. The Morgan fingerprint density at radius 1 is 0.923 bits per heavy atom. The zero-order valence-electron chi connectivity index (χ0n) is 15.1. The molecule has 1 fully saturated rings. The topological polar surface area (TPSA) is 40.6 Å². The smallest absolute Gasteiger partial charge is 0.254 e. The Bertz CT molecular complexity index is 822. The third kappa shape index (κ3) is 3.12. The maximum absolute atomic E-state index is 13.2. The van der Waals surface area contributed by atoms with Crippen molar-refractivity contribution in [2.75, 3.05) is 13.1 Å². The maximum atomic E-state index is 13.2. The molecular formula is C22H24N2O2. The van der Waals surface area contributed by atoms with Crippen molar-refractivity contribution in [1.82, 2.24) is 9.80 Å². The minimum atomic E-state index is -0.406. The summed E-state index contributed by atoms with van der Waals surface area (Å²) < 4.78 is 0. The lowest BCUT2D eigenvalue weighted by atomic mass is 9.92. The number of amides is 2. The molecule has 0 spiro atoms. The van der Waals surface area contributed by atoms with E-state index in [1.54, 1.807) is 4.90 Å². The van der Waals surface area contributed by atoms with Crippen LogP contribution < -0.4 is 0 Å². The Morgan fingerprint density at radius 3 is 2.27 bits per heavy atom. The van der Waals surface area contributed by atoms with Gasteiger partial charge in [-0.2, -0.15) is 0 Å². The highest BCUT2D eigenvalue weighted by Crippen LogP contribution is 2.27. The highest BCUT2D eigenvalue weighted by atomic mass is 16.2. The van der Waals surface area contributed by atoms with Gasteiger partial charge in [0.15, 0.2) is 0 Å². The van der Waals surface area contributed by atoms with Gasteiger partial charge in [0.25, 0.3) is 5.91 Å². The van der Waals surface area contributed by atoms with E-state index in [2.05, 4.69) is 12.1 Å². The number of hydrogen-bond donors (Lipinski definition) is 0. The number of likely N-dealkylation sites (tertiary alicyclic amines) is 1. The Hall–Kier alpha value is -2.62. The van der Waals surface area contributed by atoms with E-state index in [0.717, 1.165) is 37.1 Å². The molecule has 0 saturated carbocycles. The summed E-state index contributed by atoms with van der Waals surface area (Å²) in [5, 5.41) is 0. The standard InChI is InChI=1S/C22H24N2O2/c1-16-8-10-17(11-9-16)21(25)24-15-19-7-3-2-6-18(19)14-20(24)22(26)23-12-4-5-13-23/h2-3,6-11,20H,4-5,12-15H2,1H3. The second-order valence-corrected chi connectivity index (χ2v) is 7.32. The normalized spacial score (nSPS) is 19.3. The molecule has 2 amide bonds. The number of rotatable bonds is 2. The molecule has 1 atom stereocenters. The van der Waals surface area contributed by atoms with Gasteiger partial charge >= 0.3 is 0 Å². The predicted octanol–water partition coefficient (Wildman–Crippen LogP) is 3.18. The predicted molar refractivity (Wildman–Crippen MR) is 101 cm³/mol. The van der Waals surface area contributed by atoms with Gasteiger partial charge in [0.1, 0.15) is 6.04 Å². The molecule has 4 rings (SSSR count). The van der Waals surface area contributed by atoms with Crippen molar-refractivity contribution in [1.29, 1.82) is 0 Å². The molecule has 0 aromatic heterocycles. The van der Waals surface area contributed by atoms with Gasteiger partial charge < -0.3 is 9.80 Å². The van der Waals surface area contributed by atoms with E-state index in [9.17, 15) is 9.59 Å². The Balaban J connectivity index is 1.67. The molecule has 4 heteroatoms. The molecule has 1 saturated heterocycles. The first-order valence-corrected chi connectivity index (χ1v) is 9.37. The summed E-state index contributed by atoms with van der Waals surface area (Å²) in [5.74, 6) is 0.0366. The zero-order valence-corrected chi connectivity index (χ0v) is 15.1. The van der Waals surface area contributed by atoms with E-state index in [1.807, 2.05) is 48.2 Å². The van der Waals surface area contributed by atoms with Crippen LogP contribution in [0.25, 0.3) is 0 Å². The molecule has 2 aliphatic rings. The molecule has 2 heterocycles. The van der Waals surface area contributed by atoms with Crippen LogP contribution in [0, 0.1) is 6.92 Å². The number of nitrogens with zero attached hydrogens (tertiary/aromatic N) is 2. The summed E-state index contributed by atoms with van der Waals surface area (Å²) in [5.41, 5.74) is 4.08. The third-order valence-electron chi connectivity index (χ3n) is 5.51. The maximum Gasteiger partial charge on any atom is 0.254 e. The van der Waals surface area contributed by atoms with Crippen LogP contribution in [0.15, 0.2) is 48.5 Å². The SMILES string of the molecule is Cc1ccc(C(=O)N2Cc3ccccc3CC2C(=O)N2CCCC2)cc1. The van der Waals surface area contributed by atoms with Crippen LogP contribution >= 0.6 is 0 Å². The van der Waals surface area contributed by atoms with Crippen LogP contribution in [0.2, 0.25) is 0 Å². The third-order valence-corrected chi connectivity index (χ3v) is 5.51. The Labute approximate surface area is 154 Å². The van der Waals surface area contributed by atoms with E-state index in [-0.39, 0.29) is 11.8 Å². The number of aryl methyl sites for hydroxylation is 1. The minimum Gasteiger partial charge on any atom is -0.341 e. The minimum absolute atomic E-state index is 0.0583. The monoisotopic (exact) mass is 348 g/mol. The van der Waals surface area contributed by atoms with Crippen LogP contribution in [0.1, 0.15) is 39.9 Å². The quantitative estimate of drug-likeness (QED) is 0.836. The first-order chi connectivity index (χ1) is 12.6. The van der Waals surface area contributed by atoms with E-state index in [1.165, 1.54) is 5.56 Å². The van der Waals surface area contributed by atoms with Crippen molar-refractivity contribution in [3.05, 3.63) is 70.8 Å². The first-order valence-electron chi connectivity index (χ1n) is 9.37. The van der Waals surface area contributed by atoms with Crippen molar-refractivity contribution < 1.29 is 9.59 Å². The second kappa shape index (κ2) is 6.94. The fourth-order valence-electron chi connectivity index (χ4n) is 3.97. The van der Waals surface area contributed by atoms with Crippen molar-refractivity contribution in [2.24, 2.45) is 0 Å². The molecule has 134 valence electrons. The molecule has 0 radical (unpaired) electrons. The molecule has 26 heavy (non-hydrogen) atoms. The van der Waals surface area contributed by atoms with Gasteiger partial charge in [-0.15, -0.1) is 0 Å². The van der Waals surface area contributed by atoms with E-state index in [4.69, 9.17) is 0 Å². The van der Waals surface area contributed by atoms with Gasteiger partial charge in [-0.3, -0.25) is 9.59 Å². The number of carbonyl (C=O) groups excluding carboxylic acids is 2. The molecule has 0 aliphatic carbocycles. The lowest BCUT2D eigenvalue weighted by Gasteiger charge is -2.38. The number of hydrogen-bond acceptors (Lipinski definition) is 2. The first kappa shape index (κ1) is 16.8. The van der Waals surface area contributed by atoms with Crippen LogP contribution in [0.5, 0.6) is 0 Å². The summed E-state index contributed by atoms with van der Waals surface area (Å²) in [6.45, 7) is 4.12.